The summed E-state index contributed by atoms with van der Waals surface area (Å²) in [4.78, 5) is 13.8. The number of halogens is 2. The lowest BCUT2D eigenvalue weighted by molar-refractivity contribution is 0.170. The number of hydrogen-bond acceptors (Lipinski definition) is 2. The second kappa shape index (κ2) is 5.36. The van der Waals surface area contributed by atoms with Crippen LogP contribution in [0.1, 0.15) is 12.8 Å². The van der Waals surface area contributed by atoms with Gasteiger partial charge in [0, 0.05) is 25.2 Å². The van der Waals surface area contributed by atoms with Gasteiger partial charge in [0.1, 0.15) is 11.6 Å². The Kier molecular flexibility index (Phi) is 3.56. The van der Waals surface area contributed by atoms with Gasteiger partial charge in [-0.2, -0.15) is 0 Å². The number of hydrogen-bond donors (Lipinski definition) is 2. The lowest BCUT2D eigenvalue weighted by atomic mass is 9.94. The minimum atomic E-state index is -0.754. The zero-order valence-electron chi connectivity index (χ0n) is 11.0. The molecular formula is C14H17F2N3O. The van der Waals surface area contributed by atoms with E-state index in [1.54, 1.807) is 4.90 Å². The number of carbonyl (C=O) groups is 1. The molecule has 2 fully saturated rings. The smallest absolute Gasteiger partial charge is 0.321 e. The second-order valence-corrected chi connectivity index (χ2v) is 5.40. The first-order valence-electron chi connectivity index (χ1n) is 6.88. The van der Waals surface area contributed by atoms with Crippen molar-refractivity contribution in [3.05, 3.63) is 29.8 Å². The Morgan fingerprint density at radius 2 is 2.20 bits per heavy atom. The van der Waals surface area contributed by atoms with Crippen LogP contribution in [0.2, 0.25) is 0 Å². The molecule has 2 unspecified atom stereocenters. The summed E-state index contributed by atoms with van der Waals surface area (Å²) in [6.07, 6.45) is 1.99. The van der Waals surface area contributed by atoms with E-state index >= 15 is 0 Å². The highest BCUT2D eigenvalue weighted by Crippen LogP contribution is 2.25. The van der Waals surface area contributed by atoms with Crippen LogP contribution in [0.15, 0.2) is 18.2 Å². The van der Waals surface area contributed by atoms with E-state index in [4.69, 9.17) is 0 Å². The first-order valence-corrected chi connectivity index (χ1v) is 6.88. The molecule has 4 nitrogen and oxygen atoms in total. The van der Waals surface area contributed by atoms with Crippen molar-refractivity contribution in [3.8, 4) is 0 Å². The topological polar surface area (TPSA) is 44.4 Å². The fraction of sp³-hybridized carbons (Fsp3) is 0.500. The van der Waals surface area contributed by atoms with Crippen molar-refractivity contribution in [2.75, 3.05) is 25.0 Å². The van der Waals surface area contributed by atoms with Gasteiger partial charge < -0.3 is 15.5 Å². The maximum Gasteiger partial charge on any atom is 0.321 e. The number of piperidine rings is 1. The molecule has 2 heterocycles. The fourth-order valence-electron chi connectivity index (χ4n) is 3.02. The minimum absolute atomic E-state index is 0.0167. The molecule has 0 aromatic heterocycles. The van der Waals surface area contributed by atoms with Crippen molar-refractivity contribution in [3.63, 3.8) is 0 Å². The third-order valence-corrected chi connectivity index (χ3v) is 4.12. The van der Waals surface area contributed by atoms with Crippen LogP contribution in [0.25, 0.3) is 0 Å². The Hall–Kier alpha value is -1.69. The number of anilines is 1. The molecule has 2 atom stereocenters. The molecule has 3 rings (SSSR count). The number of amides is 2. The number of nitrogens with zero attached hydrogens (tertiary/aromatic N) is 1. The second-order valence-electron chi connectivity index (χ2n) is 5.40. The molecule has 0 spiro atoms. The number of fused-ring (bicyclic) bond motifs is 1. The molecule has 0 bridgehead atoms. The maximum atomic E-state index is 13.5. The lowest BCUT2D eigenvalue weighted by Gasteiger charge is -2.34. The molecule has 1 aromatic carbocycles. The standard InChI is InChI=1S/C14H17F2N3O/c15-10-1-2-13(11(16)7-10)18-14(20)19-6-4-12-9(8-19)3-5-17-12/h1-2,7,9,12,17H,3-6,8H2,(H,18,20). The average molecular weight is 281 g/mol. The van der Waals surface area contributed by atoms with E-state index in [1.165, 1.54) is 6.07 Å². The third kappa shape index (κ3) is 2.60. The van der Waals surface area contributed by atoms with Gasteiger partial charge in [0.2, 0.25) is 0 Å². The maximum absolute atomic E-state index is 13.5. The summed E-state index contributed by atoms with van der Waals surface area (Å²) in [6.45, 7) is 2.34. The van der Waals surface area contributed by atoms with Crippen molar-refractivity contribution < 1.29 is 13.6 Å². The third-order valence-electron chi connectivity index (χ3n) is 4.12. The van der Waals surface area contributed by atoms with Crippen LogP contribution in [-0.4, -0.2) is 36.6 Å². The molecule has 0 aliphatic carbocycles. The van der Waals surface area contributed by atoms with Crippen molar-refractivity contribution >= 4 is 11.7 Å². The predicted octanol–water partition coefficient (Wildman–Crippen LogP) is 2.18. The van der Waals surface area contributed by atoms with Crippen LogP contribution in [0, 0.1) is 17.6 Å². The summed E-state index contributed by atoms with van der Waals surface area (Å²) in [6, 6.07) is 3.32. The summed E-state index contributed by atoms with van der Waals surface area (Å²) in [5.74, 6) is -0.929. The van der Waals surface area contributed by atoms with E-state index < -0.39 is 11.6 Å². The van der Waals surface area contributed by atoms with Crippen molar-refractivity contribution in [2.24, 2.45) is 5.92 Å². The molecular weight excluding hydrogens is 264 g/mol. The molecule has 2 aliphatic rings. The summed E-state index contributed by atoms with van der Waals surface area (Å²) in [5.41, 5.74) is 0.0167. The Balaban J connectivity index is 1.64. The van der Waals surface area contributed by atoms with Gasteiger partial charge in [0.05, 0.1) is 5.69 Å². The zero-order chi connectivity index (χ0) is 14.1. The number of nitrogens with one attached hydrogen (secondary N) is 2. The van der Waals surface area contributed by atoms with Gasteiger partial charge in [0.15, 0.2) is 0 Å². The van der Waals surface area contributed by atoms with Crippen LogP contribution in [0.4, 0.5) is 19.3 Å². The van der Waals surface area contributed by atoms with E-state index in [1.807, 2.05) is 0 Å². The first-order chi connectivity index (χ1) is 9.63. The van der Waals surface area contributed by atoms with Gasteiger partial charge in [-0.25, -0.2) is 13.6 Å². The van der Waals surface area contributed by atoms with E-state index in [9.17, 15) is 13.6 Å². The number of urea groups is 1. The van der Waals surface area contributed by atoms with Gasteiger partial charge in [-0.1, -0.05) is 0 Å². The van der Waals surface area contributed by atoms with Gasteiger partial charge in [0.25, 0.3) is 0 Å². The largest absolute Gasteiger partial charge is 0.324 e. The highest BCUT2D eigenvalue weighted by molar-refractivity contribution is 5.89. The van der Waals surface area contributed by atoms with E-state index in [0.29, 0.717) is 25.0 Å². The number of rotatable bonds is 1. The first kappa shape index (κ1) is 13.3. The molecule has 108 valence electrons. The van der Waals surface area contributed by atoms with Crippen molar-refractivity contribution in [1.29, 1.82) is 0 Å². The number of carbonyl (C=O) groups excluding carboxylic acids is 1. The monoisotopic (exact) mass is 281 g/mol. The number of benzene rings is 1. The Morgan fingerprint density at radius 1 is 1.35 bits per heavy atom. The van der Waals surface area contributed by atoms with Gasteiger partial charge >= 0.3 is 6.03 Å². The van der Waals surface area contributed by atoms with Gasteiger partial charge in [-0.05, 0) is 37.4 Å². The van der Waals surface area contributed by atoms with Crippen LogP contribution in [0.5, 0.6) is 0 Å². The van der Waals surface area contributed by atoms with Crippen LogP contribution in [0.3, 0.4) is 0 Å². The normalized spacial score (nSPS) is 25.4. The molecule has 1 aromatic rings. The Morgan fingerprint density at radius 3 is 3.00 bits per heavy atom. The van der Waals surface area contributed by atoms with E-state index in [2.05, 4.69) is 10.6 Å². The fourth-order valence-corrected chi connectivity index (χ4v) is 3.02. The molecule has 2 N–H and O–H groups in total. The molecule has 2 amide bonds. The van der Waals surface area contributed by atoms with E-state index in [-0.39, 0.29) is 11.7 Å². The summed E-state index contributed by atoms with van der Waals surface area (Å²) in [7, 11) is 0. The van der Waals surface area contributed by atoms with Crippen LogP contribution >= 0.6 is 0 Å². The predicted molar refractivity (Wildman–Crippen MR) is 71.5 cm³/mol. The summed E-state index contributed by atoms with van der Waals surface area (Å²) >= 11 is 0. The molecule has 2 aliphatic heterocycles. The van der Waals surface area contributed by atoms with Crippen molar-refractivity contribution in [2.45, 2.75) is 18.9 Å². The average Bonchev–Trinajstić information content (AvgIpc) is 2.89. The van der Waals surface area contributed by atoms with Gasteiger partial charge in [-0.15, -0.1) is 0 Å². The van der Waals surface area contributed by atoms with E-state index in [0.717, 1.165) is 31.5 Å². The van der Waals surface area contributed by atoms with Crippen LogP contribution in [-0.2, 0) is 0 Å². The molecule has 20 heavy (non-hydrogen) atoms. The minimum Gasteiger partial charge on any atom is -0.324 e. The quantitative estimate of drug-likeness (QED) is 0.828. The highest BCUT2D eigenvalue weighted by atomic mass is 19.1. The molecule has 0 radical (unpaired) electrons. The van der Waals surface area contributed by atoms with Crippen molar-refractivity contribution in [1.82, 2.24) is 10.2 Å². The van der Waals surface area contributed by atoms with Crippen LogP contribution < -0.4 is 10.6 Å². The molecule has 0 saturated carbocycles. The Labute approximate surface area is 116 Å². The number of likely N-dealkylation sites (tertiary alicyclic amines) is 1. The highest BCUT2D eigenvalue weighted by Gasteiger charge is 2.34. The van der Waals surface area contributed by atoms with Gasteiger partial charge in [-0.3, -0.25) is 0 Å². The zero-order valence-corrected chi connectivity index (χ0v) is 11.0. The summed E-state index contributed by atoms with van der Waals surface area (Å²) in [5, 5.41) is 5.93. The summed E-state index contributed by atoms with van der Waals surface area (Å²) < 4.78 is 26.3. The SMILES string of the molecule is O=C(Nc1ccc(F)cc1F)N1CCC2NCCC2C1. The Bertz CT molecular complexity index is 523. The molecule has 6 heteroatoms. The molecule has 2 saturated heterocycles. The lowest BCUT2D eigenvalue weighted by Crippen LogP contribution is -2.48.